The predicted octanol–water partition coefficient (Wildman–Crippen LogP) is 6.99. The van der Waals surface area contributed by atoms with Crippen LogP contribution in [0.2, 0.25) is 10.0 Å². The van der Waals surface area contributed by atoms with Crippen LogP contribution >= 0.6 is 23.2 Å². The van der Waals surface area contributed by atoms with Crippen molar-refractivity contribution in [3.8, 4) is 0 Å². The fourth-order valence-corrected chi connectivity index (χ4v) is 7.84. The number of halogens is 2. The van der Waals surface area contributed by atoms with Gasteiger partial charge in [-0.05, 0) is 62.4 Å². The highest BCUT2D eigenvalue weighted by molar-refractivity contribution is 7.93. The molecule has 1 aliphatic heterocycles. The molecule has 7 nitrogen and oxygen atoms in total. The number of nitrogens with zero attached hydrogens (tertiary/aromatic N) is 2. The van der Waals surface area contributed by atoms with Crippen molar-refractivity contribution in [2.75, 3.05) is 10.8 Å². The van der Waals surface area contributed by atoms with Crippen molar-refractivity contribution in [3.63, 3.8) is 0 Å². The van der Waals surface area contributed by atoms with Crippen molar-refractivity contribution in [2.24, 2.45) is 0 Å². The molecule has 5 rings (SSSR count). The molecule has 0 bridgehead atoms. The van der Waals surface area contributed by atoms with Crippen LogP contribution in [0.5, 0.6) is 0 Å². The van der Waals surface area contributed by atoms with Crippen LogP contribution in [0.4, 0.5) is 5.69 Å². The van der Waals surface area contributed by atoms with E-state index in [4.69, 9.17) is 23.2 Å². The second-order valence-corrected chi connectivity index (χ2v) is 14.6. The van der Waals surface area contributed by atoms with E-state index in [1.165, 1.54) is 9.21 Å². The molecule has 44 heavy (non-hydrogen) atoms. The van der Waals surface area contributed by atoms with E-state index in [0.717, 1.165) is 10.9 Å². The van der Waals surface area contributed by atoms with Gasteiger partial charge in [-0.1, -0.05) is 83.9 Å². The van der Waals surface area contributed by atoms with Crippen LogP contribution in [0.1, 0.15) is 44.7 Å². The molecule has 0 spiro atoms. The number of nitrogens with one attached hydrogen (secondary N) is 1. The highest BCUT2D eigenvalue weighted by atomic mass is 35.5. The number of rotatable bonds is 10. The Morgan fingerprint density at radius 1 is 0.886 bits per heavy atom. The number of hydrogen-bond donors (Lipinski definition) is 1. The number of benzene rings is 4. The smallest absolute Gasteiger partial charge is 0.265 e. The highest BCUT2D eigenvalue weighted by Gasteiger charge is 2.36. The molecule has 10 heteroatoms. The molecule has 0 saturated heterocycles. The quantitative estimate of drug-likeness (QED) is 0.200. The Labute approximate surface area is 268 Å². The Bertz CT molecular complexity index is 1780. The molecule has 0 aromatic heterocycles. The molecule has 4 aromatic carbocycles. The molecule has 0 radical (unpaired) electrons. The molecule has 1 atom stereocenters. The first kappa shape index (κ1) is 31.8. The lowest BCUT2D eigenvalue weighted by Crippen LogP contribution is -2.54. The summed E-state index contributed by atoms with van der Waals surface area (Å²) in [5.41, 5.74) is 1.49. The number of hydrogen-bond acceptors (Lipinski definition) is 4. The van der Waals surface area contributed by atoms with Crippen LogP contribution in [-0.2, 0) is 32.6 Å². The van der Waals surface area contributed by atoms with Crippen LogP contribution < -0.4 is 9.62 Å². The van der Waals surface area contributed by atoms with E-state index in [2.05, 4.69) is 5.32 Å². The summed E-state index contributed by atoms with van der Waals surface area (Å²) in [7, 11) is -3.76. The van der Waals surface area contributed by atoms with Gasteiger partial charge >= 0.3 is 0 Å². The zero-order valence-electron chi connectivity index (χ0n) is 24.9. The average molecular weight is 653 g/mol. The second kappa shape index (κ2) is 12.8. The van der Waals surface area contributed by atoms with Gasteiger partial charge in [-0.25, -0.2) is 8.42 Å². The van der Waals surface area contributed by atoms with Gasteiger partial charge in [-0.2, -0.15) is 0 Å². The summed E-state index contributed by atoms with van der Waals surface area (Å²) in [4.78, 5) is 29.7. The minimum atomic E-state index is -3.76. The van der Waals surface area contributed by atoms with E-state index in [9.17, 15) is 18.0 Å². The Morgan fingerprint density at radius 2 is 1.52 bits per heavy atom. The monoisotopic (exact) mass is 651 g/mol. The van der Waals surface area contributed by atoms with E-state index in [-0.39, 0.29) is 49.1 Å². The SMILES string of the molecule is CC(C)(C)NC(=O)C(Cc1ccccc1)N(Cc1c(Cl)cccc1Cl)C(=O)CCCN1c2cccc3cccc(c23)S1(=O)=O. The Balaban J connectivity index is 1.44. The second-order valence-electron chi connectivity index (χ2n) is 12.0. The van der Waals surface area contributed by atoms with E-state index in [0.29, 0.717) is 26.7 Å². The van der Waals surface area contributed by atoms with Gasteiger partial charge in [0.25, 0.3) is 10.0 Å². The van der Waals surface area contributed by atoms with Crippen LogP contribution in [0.3, 0.4) is 0 Å². The maximum atomic E-state index is 14.1. The first-order valence-corrected chi connectivity index (χ1v) is 16.7. The zero-order chi connectivity index (χ0) is 31.6. The minimum absolute atomic E-state index is 0.00843. The van der Waals surface area contributed by atoms with Crippen molar-refractivity contribution >= 4 is 61.5 Å². The van der Waals surface area contributed by atoms with Gasteiger partial charge in [0, 0.05) is 52.5 Å². The largest absolute Gasteiger partial charge is 0.350 e. The predicted molar refractivity (Wildman–Crippen MR) is 177 cm³/mol. The third kappa shape index (κ3) is 6.72. The van der Waals surface area contributed by atoms with Crippen molar-refractivity contribution in [3.05, 3.63) is 106 Å². The summed E-state index contributed by atoms with van der Waals surface area (Å²) in [6.45, 7) is 5.78. The van der Waals surface area contributed by atoms with Crippen LogP contribution in [0.25, 0.3) is 10.8 Å². The number of carbonyl (C=O) groups excluding carboxylic acids is 2. The van der Waals surface area contributed by atoms with Crippen molar-refractivity contribution in [1.82, 2.24) is 10.2 Å². The lowest BCUT2D eigenvalue weighted by Gasteiger charge is -2.34. The first-order valence-electron chi connectivity index (χ1n) is 14.5. The molecule has 0 aliphatic carbocycles. The molecule has 2 amide bonds. The Morgan fingerprint density at radius 3 is 2.18 bits per heavy atom. The van der Waals surface area contributed by atoms with Gasteiger partial charge in [-0.3, -0.25) is 13.9 Å². The van der Waals surface area contributed by atoms with Crippen LogP contribution in [0, 0.1) is 0 Å². The third-order valence-corrected chi connectivity index (χ3v) is 10.2. The summed E-state index contributed by atoms with van der Waals surface area (Å²) in [6.07, 6.45) is 0.525. The van der Waals surface area contributed by atoms with Gasteiger partial charge in [0.2, 0.25) is 11.8 Å². The van der Waals surface area contributed by atoms with Crippen molar-refractivity contribution < 1.29 is 18.0 Å². The lowest BCUT2D eigenvalue weighted by molar-refractivity contribution is -0.142. The molecule has 1 heterocycles. The normalized spacial score (nSPS) is 14.4. The van der Waals surface area contributed by atoms with Gasteiger partial charge in [0.15, 0.2) is 0 Å². The summed E-state index contributed by atoms with van der Waals surface area (Å²) >= 11 is 13.1. The molecule has 1 N–H and O–H groups in total. The fraction of sp³-hybridized carbons (Fsp3) is 0.294. The van der Waals surface area contributed by atoms with E-state index in [1.54, 1.807) is 36.4 Å². The van der Waals surface area contributed by atoms with E-state index < -0.39 is 21.6 Å². The minimum Gasteiger partial charge on any atom is -0.350 e. The average Bonchev–Trinajstić information content (AvgIpc) is 3.19. The molecule has 1 aliphatic rings. The number of amides is 2. The number of sulfonamides is 1. The topological polar surface area (TPSA) is 86.8 Å². The van der Waals surface area contributed by atoms with Crippen molar-refractivity contribution in [2.45, 2.75) is 63.1 Å². The molecule has 4 aromatic rings. The highest BCUT2D eigenvalue weighted by Crippen LogP contribution is 2.42. The summed E-state index contributed by atoms with van der Waals surface area (Å²) in [6, 6.07) is 24.5. The van der Waals surface area contributed by atoms with Gasteiger partial charge in [0.1, 0.15) is 6.04 Å². The Kier molecular flexibility index (Phi) is 9.25. The number of carbonyl (C=O) groups is 2. The maximum Gasteiger partial charge on any atom is 0.265 e. The molecular weight excluding hydrogens is 617 g/mol. The molecule has 1 unspecified atom stereocenters. The first-order chi connectivity index (χ1) is 20.9. The summed E-state index contributed by atoms with van der Waals surface area (Å²) < 4.78 is 28.3. The van der Waals surface area contributed by atoms with Gasteiger partial charge < -0.3 is 10.2 Å². The van der Waals surface area contributed by atoms with E-state index in [1.807, 2.05) is 69.3 Å². The van der Waals surface area contributed by atoms with E-state index >= 15 is 0 Å². The maximum absolute atomic E-state index is 14.1. The van der Waals surface area contributed by atoms with Crippen molar-refractivity contribution in [1.29, 1.82) is 0 Å². The third-order valence-electron chi connectivity index (χ3n) is 7.59. The molecule has 0 fully saturated rings. The summed E-state index contributed by atoms with van der Waals surface area (Å²) in [5.74, 6) is -0.611. The molecular formula is C34H35Cl2N3O4S. The molecule has 0 saturated carbocycles. The fourth-order valence-electron chi connectivity index (χ4n) is 5.58. The zero-order valence-corrected chi connectivity index (χ0v) is 27.2. The molecule has 230 valence electrons. The lowest BCUT2D eigenvalue weighted by atomic mass is 10.00. The van der Waals surface area contributed by atoms with Gasteiger partial charge in [-0.15, -0.1) is 0 Å². The summed E-state index contributed by atoms with van der Waals surface area (Å²) in [5, 5.41) is 5.35. The Hall–Kier alpha value is -3.59. The standard InChI is InChI=1S/C34H35Cl2N3O4S/c1-34(2,3)37-33(41)29(21-23-11-5-4-6-12-23)38(22-25-26(35)15-9-16-27(25)36)31(40)19-10-20-39-28-17-7-13-24-14-8-18-30(32(24)28)44(39,42)43/h4-9,11-18,29H,10,19-22H2,1-3H3,(H,37,41). The van der Waals surface area contributed by atoms with Gasteiger partial charge in [0.05, 0.1) is 10.6 Å². The van der Waals surface area contributed by atoms with Crippen LogP contribution in [0.15, 0.2) is 89.8 Å². The van der Waals surface area contributed by atoms with Crippen LogP contribution in [-0.4, -0.2) is 43.3 Å². The number of anilines is 1.